The Labute approximate surface area is 95.9 Å². The second-order valence-electron chi connectivity index (χ2n) is 3.79. The summed E-state index contributed by atoms with van der Waals surface area (Å²) in [6, 6.07) is 0. The second-order valence-corrected chi connectivity index (χ2v) is 4.81. The molecule has 0 heterocycles. The standard InChI is InChI=1S/C11H19NO2S/c1-5-10(15-11(13)12(3)4)8-7-9(8)14-6-2/h5,8-9H,6-7H2,1-4H3/b10-5+. The number of hydrogen-bond acceptors (Lipinski definition) is 3. The first-order valence-electron chi connectivity index (χ1n) is 5.27. The summed E-state index contributed by atoms with van der Waals surface area (Å²) in [7, 11) is 3.55. The lowest BCUT2D eigenvalue weighted by atomic mass is 10.3. The van der Waals surface area contributed by atoms with Gasteiger partial charge in [0.15, 0.2) is 0 Å². The summed E-state index contributed by atoms with van der Waals surface area (Å²) in [4.78, 5) is 14.3. The van der Waals surface area contributed by atoms with Crippen LogP contribution in [0.15, 0.2) is 11.0 Å². The molecule has 15 heavy (non-hydrogen) atoms. The lowest BCUT2D eigenvalue weighted by molar-refractivity contribution is 0.125. The van der Waals surface area contributed by atoms with Crippen LogP contribution in [0.1, 0.15) is 20.3 Å². The number of amides is 1. The van der Waals surface area contributed by atoms with Gasteiger partial charge in [0.1, 0.15) is 0 Å². The van der Waals surface area contributed by atoms with E-state index in [0.717, 1.165) is 17.9 Å². The Morgan fingerprint density at radius 2 is 2.27 bits per heavy atom. The summed E-state index contributed by atoms with van der Waals surface area (Å²) in [5.41, 5.74) is 0. The number of carbonyl (C=O) groups excluding carboxylic acids is 1. The summed E-state index contributed by atoms with van der Waals surface area (Å²) in [6.07, 6.45) is 3.42. The fourth-order valence-corrected chi connectivity index (χ4v) is 2.31. The van der Waals surface area contributed by atoms with E-state index in [9.17, 15) is 4.79 Å². The molecule has 86 valence electrons. The molecule has 1 amide bonds. The van der Waals surface area contributed by atoms with Gasteiger partial charge in [0.2, 0.25) is 0 Å². The summed E-state index contributed by atoms with van der Waals surface area (Å²) in [5.74, 6) is 0.448. The first-order valence-corrected chi connectivity index (χ1v) is 6.08. The molecule has 2 atom stereocenters. The van der Waals surface area contributed by atoms with Crippen molar-refractivity contribution in [1.82, 2.24) is 4.90 Å². The molecule has 0 saturated heterocycles. The average Bonchev–Trinajstić information content (AvgIpc) is 2.93. The molecule has 3 nitrogen and oxygen atoms in total. The molecule has 1 aliphatic rings. The lowest BCUT2D eigenvalue weighted by Gasteiger charge is -2.11. The van der Waals surface area contributed by atoms with Crippen LogP contribution in [0.4, 0.5) is 4.79 Å². The zero-order valence-corrected chi connectivity index (χ0v) is 10.6. The summed E-state index contributed by atoms with van der Waals surface area (Å²) >= 11 is 1.32. The summed E-state index contributed by atoms with van der Waals surface area (Å²) < 4.78 is 5.51. The molecule has 0 radical (unpaired) electrons. The van der Waals surface area contributed by atoms with Crippen molar-refractivity contribution < 1.29 is 9.53 Å². The van der Waals surface area contributed by atoms with Gasteiger partial charge in [-0.2, -0.15) is 0 Å². The molecule has 0 bridgehead atoms. The number of rotatable bonds is 4. The monoisotopic (exact) mass is 229 g/mol. The highest BCUT2D eigenvalue weighted by molar-refractivity contribution is 8.16. The van der Waals surface area contributed by atoms with Crippen molar-refractivity contribution in [2.75, 3.05) is 20.7 Å². The van der Waals surface area contributed by atoms with Crippen LogP contribution in [0.2, 0.25) is 0 Å². The van der Waals surface area contributed by atoms with Gasteiger partial charge in [-0.05, 0) is 36.9 Å². The van der Waals surface area contributed by atoms with E-state index in [4.69, 9.17) is 4.74 Å². The van der Waals surface area contributed by atoms with Gasteiger partial charge in [-0.25, -0.2) is 0 Å². The largest absolute Gasteiger partial charge is 0.378 e. The number of hydrogen-bond donors (Lipinski definition) is 0. The average molecular weight is 229 g/mol. The van der Waals surface area contributed by atoms with Crippen LogP contribution in [0.5, 0.6) is 0 Å². The number of ether oxygens (including phenoxy) is 1. The maximum Gasteiger partial charge on any atom is 0.285 e. The van der Waals surface area contributed by atoms with Crippen molar-refractivity contribution in [2.45, 2.75) is 26.4 Å². The number of thioether (sulfide) groups is 1. The smallest absolute Gasteiger partial charge is 0.285 e. The molecule has 0 N–H and O–H groups in total. The third-order valence-electron chi connectivity index (χ3n) is 2.33. The highest BCUT2D eigenvalue weighted by Gasteiger charge is 2.41. The third-order valence-corrected chi connectivity index (χ3v) is 3.65. The predicted octanol–water partition coefficient (Wildman–Crippen LogP) is 2.73. The summed E-state index contributed by atoms with van der Waals surface area (Å²) in [5, 5.41) is 0.0882. The minimum absolute atomic E-state index is 0.0882. The molecule has 0 aromatic heterocycles. The van der Waals surface area contributed by atoms with Gasteiger partial charge < -0.3 is 9.64 Å². The molecule has 1 fully saturated rings. The Hall–Kier alpha value is -0.480. The van der Waals surface area contributed by atoms with Crippen LogP contribution in [-0.2, 0) is 4.74 Å². The molecule has 1 aliphatic carbocycles. The van der Waals surface area contributed by atoms with Crippen molar-refractivity contribution >= 4 is 17.0 Å². The van der Waals surface area contributed by atoms with E-state index in [1.54, 1.807) is 19.0 Å². The van der Waals surface area contributed by atoms with Crippen LogP contribution in [-0.4, -0.2) is 36.9 Å². The third kappa shape index (κ3) is 3.54. The van der Waals surface area contributed by atoms with E-state index in [-0.39, 0.29) is 5.24 Å². The van der Waals surface area contributed by atoms with E-state index < -0.39 is 0 Å². The number of nitrogens with zero attached hydrogens (tertiary/aromatic N) is 1. The van der Waals surface area contributed by atoms with Crippen molar-refractivity contribution in [2.24, 2.45) is 5.92 Å². The van der Waals surface area contributed by atoms with Crippen LogP contribution in [0.25, 0.3) is 0 Å². The van der Waals surface area contributed by atoms with Gasteiger partial charge in [-0.15, -0.1) is 0 Å². The first kappa shape index (κ1) is 12.6. The van der Waals surface area contributed by atoms with Crippen molar-refractivity contribution in [1.29, 1.82) is 0 Å². The molecule has 4 heteroatoms. The van der Waals surface area contributed by atoms with Crippen molar-refractivity contribution in [3.63, 3.8) is 0 Å². The normalized spacial score (nSPS) is 25.2. The second kappa shape index (κ2) is 5.56. The molecule has 0 aromatic rings. The quantitative estimate of drug-likeness (QED) is 0.742. The fraction of sp³-hybridized carbons (Fsp3) is 0.727. The minimum Gasteiger partial charge on any atom is -0.378 e. The molecule has 2 unspecified atom stereocenters. The Kier molecular flexibility index (Phi) is 4.67. The Morgan fingerprint density at radius 1 is 1.60 bits per heavy atom. The van der Waals surface area contributed by atoms with Crippen molar-refractivity contribution in [3.05, 3.63) is 11.0 Å². The maximum atomic E-state index is 11.5. The van der Waals surface area contributed by atoms with Gasteiger partial charge >= 0.3 is 0 Å². The van der Waals surface area contributed by atoms with Crippen LogP contribution in [0, 0.1) is 5.92 Å². The Balaban J connectivity index is 2.43. The molecule has 0 spiro atoms. The predicted molar refractivity (Wildman–Crippen MR) is 64.0 cm³/mol. The Bertz CT molecular complexity index is 263. The van der Waals surface area contributed by atoms with E-state index in [1.165, 1.54) is 11.8 Å². The highest BCUT2D eigenvalue weighted by atomic mass is 32.2. The zero-order chi connectivity index (χ0) is 11.4. The fourth-order valence-electron chi connectivity index (χ4n) is 1.41. The topological polar surface area (TPSA) is 29.5 Å². The summed E-state index contributed by atoms with van der Waals surface area (Å²) in [6.45, 7) is 4.74. The number of allylic oxidation sites excluding steroid dienone is 1. The molecule has 0 aromatic carbocycles. The van der Waals surface area contributed by atoms with Gasteiger partial charge in [-0.1, -0.05) is 6.08 Å². The Morgan fingerprint density at radius 3 is 2.73 bits per heavy atom. The lowest BCUT2D eigenvalue weighted by Crippen LogP contribution is -2.16. The molecule has 0 aliphatic heterocycles. The SMILES string of the molecule is C/C=C(/SC(=O)N(C)C)C1CC1OCC. The van der Waals surface area contributed by atoms with Gasteiger partial charge in [0.25, 0.3) is 5.24 Å². The molecule has 1 rings (SSSR count). The van der Waals surface area contributed by atoms with E-state index in [1.807, 2.05) is 19.9 Å². The van der Waals surface area contributed by atoms with E-state index >= 15 is 0 Å². The minimum atomic E-state index is 0.0882. The van der Waals surface area contributed by atoms with Crippen LogP contribution >= 0.6 is 11.8 Å². The molecular formula is C11H19NO2S. The highest BCUT2D eigenvalue weighted by Crippen LogP contribution is 2.45. The van der Waals surface area contributed by atoms with Gasteiger partial charge in [-0.3, -0.25) is 4.79 Å². The molecular weight excluding hydrogens is 210 g/mol. The van der Waals surface area contributed by atoms with Crippen molar-refractivity contribution in [3.8, 4) is 0 Å². The van der Waals surface area contributed by atoms with Crippen LogP contribution < -0.4 is 0 Å². The molecule has 1 saturated carbocycles. The number of carbonyl (C=O) groups is 1. The van der Waals surface area contributed by atoms with E-state index in [0.29, 0.717) is 12.0 Å². The first-order chi connectivity index (χ1) is 7.10. The van der Waals surface area contributed by atoms with Gasteiger partial charge in [0, 0.05) is 26.6 Å². The van der Waals surface area contributed by atoms with Gasteiger partial charge in [0.05, 0.1) is 6.10 Å². The maximum absolute atomic E-state index is 11.5. The van der Waals surface area contributed by atoms with E-state index in [2.05, 4.69) is 0 Å². The van der Waals surface area contributed by atoms with Crippen LogP contribution in [0.3, 0.4) is 0 Å². The zero-order valence-electron chi connectivity index (χ0n) is 9.82.